The van der Waals surface area contributed by atoms with Gasteiger partial charge < -0.3 is 15.1 Å². The molecule has 2 aliphatic heterocycles. The third kappa shape index (κ3) is 3.46. The molecule has 0 radical (unpaired) electrons. The maximum absolute atomic E-state index is 3.77. The molecule has 0 aromatic carbocycles. The minimum absolute atomic E-state index is 0.800. The molecule has 0 aromatic rings. The van der Waals surface area contributed by atoms with Crippen LogP contribution in [0.2, 0.25) is 0 Å². The molecule has 104 valence electrons. The van der Waals surface area contributed by atoms with Gasteiger partial charge >= 0.3 is 0 Å². The molecule has 0 aromatic heterocycles. The largest absolute Gasteiger partial charge is 0.312 e. The Kier molecular flexibility index (Phi) is 4.22. The van der Waals surface area contributed by atoms with Crippen molar-refractivity contribution in [3.05, 3.63) is 0 Å². The van der Waals surface area contributed by atoms with Crippen LogP contribution in [0.25, 0.3) is 0 Å². The van der Waals surface area contributed by atoms with Crippen molar-refractivity contribution in [3.63, 3.8) is 0 Å². The third-order valence-electron chi connectivity index (χ3n) is 4.94. The van der Waals surface area contributed by atoms with Crippen molar-refractivity contribution in [2.24, 2.45) is 11.8 Å². The summed E-state index contributed by atoms with van der Waals surface area (Å²) in [6, 6.07) is 0.800. The van der Waals surface area contributed by atoms with Gasteiger partial charge in [0.15, 0.2) is 0 Å². The van der Waals surface area contributed by atoms with Crippen LogP contribution in [0.5, 0.6) is 0 Å². The van der Waals surface area contributed by atoms with Crippen LogP contribution in [0.1, 0.15) is 32.1 Å². The molecule has 1 N–H and O–H groups in total. The maximum Gasteiger partial charge on any atom is 0.0223 e. The lowest BCUT2D eigenvalue weighted by atomic mass is 9.97. The van der Waals surface area contributed by atoms with Gasteiger partial charge in [-0.3, -0.25) is 0 Å². The number of rotatable bonds is 3. The smallest absolute Gasteiger partial charge is 0.0223 e. The summed E-state index contributed by atoms with van der Waals surface area (Å²) in [6.45, 7) is 7.83. The summed E-state index contributed by atoms with van der Waals surface area (Å²) in [4.78, 5) is 5.27. The van der Waals surface area contributed by atoms with Gasteiger partial charge in [-0.1, -0.05) is 0 Å². The van der Waals surface area contributed by atoms with E-state index in [1.165, 1.54) is 71.4 Å². The summed E-state index contributed by atoms with van der Waals surface area (Å²) in [5.74, 6) is 1.92. The number of nitrogens with one attached hydrogen (secondary N) is 1. The van der Waals surface area contributed by atoms with E-state index in [4.69, 9.17) is 0 Å². The van der Waals surface area contributed by atoms with Crippen molar-refractivity contribution in [1.29, 1.82) is 0 Å². The van der Waals surface area contributed by atoms with Crippen molar-refractivity contribution in [2.45, 2.75) is 38.1 Å². The third-order valence-corrected chi connectivity index (χ3v) is 4.94. The summed E-state index contributed by atoms with van der Waals surface area (Å²) in [5.41, 5.74) is 0. The second-order valence-electron chi connectivity index (χ2n) is 6.78. The lowest BCUT2D eigenvalue weighted by molar-refractivity contribution is 0.148. The predicted octanol–water partition coefficient (Wildman–Crippen LogP) is 1.40. The highest BCUT2D eigenvalue weighted by Gasteiger charge is 2.33. The zero-order valence-electron chi connectivity index (χ0n) is 11.9. The van der Waals surface area contributed by atoms with Crippen molar-refractivity contribution >= 4 is 0 Å². The Morgan fingerprint density at radius 2 is 1.94 bits per heavy atom. The first-order valence-electron chi connectivity index (χ1n) is 7.95. The van der Waals surface area contributed by atoms with E-state index < -0.39 is 0 Å². The zero-order valence-corrected chi connectivity index (χ0v) is 11.9. The minimum atomic E-state index is 0.800. The van der Waals surface area contributed by atoms with Crippen LogP contribution in [-0.4, -0.2) is 62.2 Å². The Hall–Kier alpha value is -0.120. The number of likely N-dealkylation sites (tertiary alicyclic amines) is 1. The zero-order chi connectivity index (χ0) is 12.4. The number of hydrogen-bond acceptors (Lipinski definition) is 3. The lowest BCUT2D eigenvalue weighted by Crippen LogP contribution is -2.43. The van der Waals surface area contributed by atoms with Crippen molar-refractivity contribution in [3.8, 4) is 0 Å². The quantitative estimate of drug-likeness (QED) is 0.818. The topological polar surface area (TPSA) is 18.5 Å². The predicted molar refractivity (Wildman–Crippen MR) is 75.8 cm³/mol. The SMILES string of the molecule is CN1CCCC(CN2CCCNC(C3CC3)C2)C1. The number of piperidine rings is 1. The fourth-order valence-electron chi connectivity index (χ4n) is 3.79. The highest BCUT2D eigenvalue weighted by Crippen LogP contribution is 2.33. The molecule has 0 amide bonds. The van der Waals surface area contributed by atoms with Crippen LogP contribution < -0.4 is 5.32 Å². The van der Waals surface area contributed by atoms with Crippen molar-refractivity contribution in [2.75, 3.05) is 46.3 Å². The molecule has 3 nitrogen and oxygen atoms in total. The monoisotopic (exact) mass is 251 g/mol. The molecule has 3 heteroatoms. The molecule has 3 fully saturated rings. The first-order valence-corrected chi connectivity index (χ1v) is 7.95. The van der Waals surface area contributed by atoms with Crippen LogP contribution >= 0.6 is 0 Å². The van der Waals surface area contributed by atoms with Gasteiger partial charge in [0, 0.05) is 25.7 Å². The molecule has 1 aliphatic carbocycles. The molecule has 3 aliphatic rings. The highest BCUT2D eigenvalue weighted by atomic mass is 15.2. The van der Waals surface area contributed by atoms with E-state index in [2.05, 4.69) is 22.2 Å². The molecule has 2 atom stereocenters. The second-order valence-corrected chi connectivity index (χ2v) is 6.78. The Labute approximate surface area is 112 Å². The molecule has 0 bridgehead atoms. The van der Waals surface area contributed by atoms with Gasteiger partial charge in [-0.05, 0) is 70.6 Å². The van der Waals surface area contributed by atoms with Gasteiger partial charge in [-0.15, -0.1) is 0 Å². The van der Waals surface area contributed by atoms with E-state index in [0.717, 1.165) is 17.9 Å². The van der Waals surface area contributed by atoms with E-state index in [0.29, 0.717) is 0 Å². The number of hydrogen-bond donors (Lipinski definition) is 1. The van der Waals surface area contributed by atoms with E-state index in [9.17, 15) is 0 Å². The van der Waals surface area contributed by atoms with Crippen molar-refractivity contribution in [1.82, 2.24) is 15.1 Å². The van der Waals surface area contributed by atoms with E-state index >= 15 is 0 Å². The van der Waals surface area contributed by atoms with Crippen LogP contribution in [-0.2, 0) is 0 Å². The Morgan fingerprint density at radius 3 is 2.72 bits per heavy atom. The van der Waals surface area contributed by atoms with Gasteiger partial charge in [0.25, 0.3) is 0 Å². The number of nitrogens with zero attached hydrogens (tertiary/aromatic N) is 2. The van der Waals surface area contributed by atoms with E-state index in [-0.39, 0.29) is 0 Å². The van der Waals surface area contributed by atoms with Crippen LogP contribution in [0.3, 0.4) is 0 Å². The maximum atomic E-state index is 3.77. The Morgan fingerprint density at radius 1 is 1.06 bits per heavy atom. The molecule has 18 heavy (non-hydrogen) atoms. The Bertz CT molecular complexity index is 264. The standard InChI is InChI=1S/C15H29N3/c1-17-8-2-4-13(10-17)11-18-9-3-7-16-15(12-18)14-5-6-14/h13-16H,2-12H2,1H3. The lowest BCUT2D eigenvalue weighted by Gasteiger charge is -2.34. The second kappa shape index (κ2) is 5.89. The molecular formula is C15H29N3. The molecule has 1 saturated carbocycles. The summed E-state index contributed by atoms with van der Waals surface area (Å²) in [5, 5.41) is 3.77. The molecule has 3 rings (SSSR count). The van der Waals surface area contributed by atoms with Crippen LogP contribution in [0.4, 0.5) is 0 Å². The van der Waals surface area contributed by atoms with Crippen LogP contribution in [0, 0.1) is 11.8 Å². The first kappa shape index (κ1) is 12.9. The van der Waals surface area contributed by atoms with Gasteiger partial charge in [0.1, 0.15) is 0 Å². The average molecular weight is 251 g/mol. The Balaban J connectivity index is 1.50. The van der Waals surface area contributed by atoms with Gasteiger partial charge in [-0.2, -0.15) is 0 Å². The minimum Gasteiger partial charge on any atom is -0.312 e. The average Bonchev–Trinajstić information content (AvgIpc) is 3.15. The fourth-order valence-corrected chi connectivity index (χ4v) is 3.79. The van der Waals surface area contributed by atoms with Gasteiger partial charge in [0.05, 0.1) is 0 Å². The summed E-state index contributed by atoms with van der Waals surface area (Å²) in [7, 11) is 2.28. The summed E-state index contributed by atoms with van der Waals surface area (Å²) >= 11 is 0. The highest BCUT2D eigenvalue weighted by molar-refractivity contribution is 4.90. The van der Waals surface area contributed by atoms with Crippen LogP contribution in [0.15, 0.2) is 0 Å². The summed E-state index contributed by atoms with van der Waals surface area (Å²) in [6.07, 6.45) is 7.13. The molecule has 2 unspecified atom stereocenters. The molecule has 0 spiro atoms. The normalized spacial score (nSPS) is 36.5. The first-order chi connectivity index (χ1) is 8.81. The van der Waals surface area contributed by atoms with Crippen molar-refractivity contribution < 1.29 is 0 Å². The van der Waals surface area contributed by atoms with E-state index in [1.807, 2.05) is 0 Å². The van der Waals surface area contributed by atoms with E-state index in [1.54, 1.807) is 0 Å². The molecule has 2 heterocycles. The molecule has 2 saturated heterocycles. The van der Waals surface area contributed by atoms with Gasteiger partial charge in [0.2, 0.25) is 0 Å². The molecular weight excluding hydrogens is 222 g/mol. The van der Waals surface area contributed by atoms with Gasteiger partial charge in [-0.25, -0.2) is 0 Å². The fraction of sp³-hybridized carbons (Fsp3) is 1.00. The summed E-state index contributed by atoms with van der Waals surface area (Å²) < 4.78 is 0.